The molecule has 0 bridgehead atoms. The first-order chi connectivity index (χ1) is 13.2. The number of esters is 1. The summed E-state index contributed by atoms with van der Waals surface area (Å²) in [6, 6.07) is 8.25. The van der Waals surface area contributed by atoms with Crippen molar-refractivity contribution in [3.63, 3.8) is 0 Å². The van der Waals surface area contributed by atoms with Gasteiger partial charge in [-0.05, 0) is 61.7 Å². The largest absolute Gasteiger partial charge is 0.469 e. The van der Waals surface area contributed by atoms with Crippen molar-refractivity contribution in [3.8, 4) is 0 Å². The van der Waals surface area contributed by atoms with E-state index in [1.54, 1.807) is 0 Å². The molecule has 0 N–H and O–H groups in total. The molecule has 1 fully saturated rings. The van der Waals surface area contributed by atoms with Gasteiger partial charge in [0.2, 0.25) is 0 Å². The molecule has 8 heteroatoms. The Morgan fingerprint density at radius 3 is 2.50 bits per heavy atom. The number of methoxy groups -OCH3 is 1. The summed E-state index contributed by atoms with van der Waals surface area (Å²) in [4.78, 5) is 12.1. The van der Waals surface area contributed by atoms with E-state index < -0.39 is 38.1 Å². The summed E-state index contributed by atoms with van der Waals surface area (Å²) in [5.74, 6) is -2.87. The van der Waals surface area contributed by atoms with Crippen LogP contribution in [0, 0.1) is 17.6 Å². The molecule has 2 aromatic rings. The van der Waals surface area contributed by atoms with Crippen LogP contribution in [0.1, 0.15) is 31.2 Å². The van der Waals surface area contributed by atoms with E-state index in [9.17, 15) is 22.0 Å². The van der Waals surface area contributed by atoms with E-state index in [1.807, 2.05) is 0 Å². The van der Waals surface area contributed by atoms with Gasteiger partial charge in [0.05, 0.1) is 17.9 Å². The molecule has 0 heterocycles. The smallest absolute Gasteiger partial charge is 0.308 e. The molecule has 2 atom stereocenters. The SMILES string of the molecule is COC(=O)[C@@H]1CCC[C@@](c2cc(F)ccc2F)(S(=O)(=O)c2ccc(Cl)cc2)C1. The Hall–Kier alpha value is -1.99. The van der Waals surface area contributed by atoms with Gasteiger partial charge in [0.15, 0.2) is 9.84 Å². The monoisotopic (exact) mass is 428 g/mol. The van der Waals surface area contributed by atoms with Crippen LogP contribution in [0.25, 0.3) is 0 Å². The highest BCUT2D eigenvalue weighted by Gasteiger charge is 2.52. The van der Waals surface area contributed by atoms with Gasteiger partial charge in [0.25, 0.3) is 0 Å². The molecule has 0 unspecified atom stereocenters. The Balaban J connectivity index is 2.24. The minimum atomic E-state index is -4.18. The molecule has 2 aromatic carbocycles. The molecule has 1 saturated carbocycles. The average molecular weight is 429 g/mol. The van der Waals surface area contributed by atoms with Crippen LogP contribution >= 0.6 is 11.6 Å². The normalized spacial score (nSPS) is 22.6. The van der Waals surface area contributed by atoms with Gasteiger partial charge >= 0.3 is 5.97 Å². The van der Waals surface area contributed by atoms with Gasteiger partial charge in [-0.3, -0.25) is 4.79 Å². The Morgan fingerprint density at radius 1 is 1.18 bits per heavy atom. The molecule has 0 radical (unpaired) electrons. The minimum Gasteiger partial charge on any atom is -0.469 e. The van der Waals surface area contributed by atoms with Crippen LogP contribution in [-0.4, -0.2) is 21.5 Å². The van der Waals surface area contributed by atoms with E-state index >= 15 is 0 Å². The van der Waals surface area contributed by atoms with Crippen LogP contribution in [0.4, 0.5) is 8.78 Å². The maximum atomic E-state index is 14.8. The molecular weight excluding hydrogens is 410 g/mol. The summed E-state index contributed by atoms with van der Waals surface area (Å²) in [6.45, 7) is 0. The Labute approximate surface area is 167 Å². The second-order valence-electron chi connectivity index (χ2n) is 6.89. The zero-order valence-electron chi connectivity index (χ0n) is 15.1. The Morgan fingerprint density at radius 2 is 1.86 bits per heavy atom. The highest BCUT2D eigenvalue weighted by molar-refractivity contribution is 7.92. The maximum Gasteiger partial charge on any atom is 0.308 e. The molecule has 1 aliphatic carbocycles. The van der Waals surface area contributed by atoms with Crippen LogP contribution in [0.5, 0.6) is 0 Å². The number of hydrogen-bond donors (Lipinski definition) is 0. The summed E-state index contributed by atoms with van der Waals surface area (Å²) < 4.78 is 59.0. The van der Waals surface area contributed by atoms with Crippen LogP contribution in [-0.2, 0) is 24.1 Å². The molecule has 0 aromatic heterocycles. The third-order valence-electron chi connectivity index (χ3n) is 5.30. The van der Waals surface area contributed by atoms with Gasteiger partial charge in [-0.25, -0.2) is 17.2 Å². The fourth-order valence-corrected chi connectivity index (χ4v) is 6.27. The molecule has 0 saturated heterocycles. The number of halogens is 3. The first-order valence-electron chi connectivity index (χ1n) is 8.75. The van der Waals surface area contributed by atoms with Crippen LogP contribution in [0.3, 0.4) is 0 Å². The second-order valence-corrected chi connectivity index (χ2v) is 9.59. The Bertz CT molecular complexity index is 992. The van der Waals surface area contributed by atoms with Gasteiger partial charge < -0.3 is 4.74 Å². The highest BCUT2D eigenvalue weighted by Crippen LogP contribution is 2.49. The summed E-state index contributed by atoms with van der Waals surface area (Å²) >= 11 is 5.86. The summed E-state index contributed by atoms with van der Waals surface area (Å²) in [7, 11) is -2.96. The van der Waals surface area contributed by atoms with Crippen molar-refractivity contribution >= 4 is 27.4 Å². The lowest BCUT2D eigenvalue weighted by Gasteiger charge is -2.40. The predicted octanol–water partition coefficient (Wildman–Crippen LogP) is 4.65. The number of benzene rings is 2. The van der Waals surface area contributed by atoms with E-state index in [4.69, 9.17) is 16.3 Å². The molecule has 0 aliphatic heterocycles. The molecule has 3 rings (SSSR count). The van der Waals surface area contributed by atoms with Crippen LogP contribution in [0.2, 0.25) is 5.02 Å². The van der Waals surface area contributed by atoms with Gasteiger partial charge in [0, 0.05) is 10.6 Å². The number of carbonyl (C=O) groups is 1. The number of carbonyl (C=O) groups excluding carboxylic acids is 1. The summed E-state index contributed by atoms with van der Waals surface area (Å²) in [5, 5.41) is 0.348. The first kappa shape index (κ1) is 20.7. The van der Waals surface area contributed by atoms with Crippen molar-refractivity contribution in [2.24, 2.45) is 5.92 Å². The number of sulfone groups is 1. The lowest BCUT2D eigenvalue weighted by molar-refractivity contribution is -0.146. The average Bonchev–Trinajstić information content (AvgIpc) is 2.69. The van der Waals surface area contributed by atoms with Crippen molar-refractivity contribution in [3.05, 3.63) is 64.7 Å². The molecule has 0 spiro atoms. The number of hydrogen-bond acceptors (Lipinski definition) is 4. The van der Waals surface area contributed by atoms with E-state index in [1.165, 1.54) is 31.4 Å². The zero-order chi connectivity index (χ0) is 20.5. The van der Waals surface area contributed by atoms with E-state index in [0.717, 1.165) is 18.2 Å². The van der Waals surface area contributed by atoms with Gasteiger partial charge in [-0.15, -0.1) is 0 Å². The summed E-state index contributed by atoms with van der Waals surface area (Å²) in [6.07, 6.45) is 0.640. The molecule has 0 amide bonds. The van der Waals surface area contributed by atoms with E-state index in [-0.39, 0.29) is 23.3 Å². The fraction of sp³-hybridized carbons (Fsp3) is 0.350. The predicted molar refractivity (Wildman–Crippen MR) is 101 cm³/mol. The number of ether oxygens (including phenoxy) is 1. The number of rotatable bonds is 4. The van der Waals surface area contributed by atoms with Gasteiger partial charge in [-0.2, -0.15) is 0 Å². The van der Waals surface area contributed by atoms with Crippen molar-refractivity contribution < 1.29 is 26.7 Å². The topological polar surface area (TPSA) is 60.4 Å². The minimum absolute atomic E-state index is 0.0613. The lowest BCUT2D eigenvalue weighted by Crippen LogP contribution is -2.43. The third-order valence-corrected chi connectivity index (χ3v) is 8.07. The standard InChI is InChI=1S/C20H19ClF2O4S/c1-27-19(24)13-3-2-10-20(12-13,17-11-15(22)6-9-18(17)23)28(25,26)16-7-4-14(21)5-8-16/h4-9,11,13H,2-3,10,12H2,1H3/t13-,20-/m1/s1. The lowest BCUT2D eigenvalue weighted by atomic mass is 9.77. The highest BCUT2D eigenvalue weighted by atomic mass is 35.5. The van der Waals surface area contributed by atoms with Crippen molar-refractivity contribution in [1.82, 2.24) is 0 Å². The van der Waals surface area contributed by atoms with E-state index in [2.05, 4.69) is 0 Å². The second kappa shape index (κ2) is 7.79. The fourth-order valence-electron chi connectivity index (χ4n) is 3.92. The van der Waals surface area contributed by atoms with Crippen molar-refractivity contribution in [2.45, 2.75) is 35.3 Å². The third kappa shape index (κ3) is 3.53. The molecule has 28 heavy (non-hydrogen) atoms. The summed E-state index contributed by atoms with van der Waals surface area (Å²) in [5.41, 5.74) is -0.268. The molecule has 4 nitrogen and oxygen atoms in total. The van der Waals surface area contributed by atoms with Gasteiger partial charge in [-0.1, -0.05) is 18.0 Å². The molecular formula is C20H19ClF2O4S. The zero-order valence-corrected chi connectivity index (χ0v) is 16.7. The van der Waals surface area contributed by atoms with Crippen LogP contribution in [0.15, 0.2) is 47.4 Å². The maximum absolute atomic E-state index is 14.8. The first-order valence-corrected chi connectivity index (χ1v) is 10.6. The van der Waals surface area contributed by atoms with Gasteiger partial charge in [0.1, 0.15) is 16.4 Å². The molecule has 150 valence electrons. The molecule has 1 aliphatic rings. The van der Waals surface area contributed by atoms with Crippen LogP contribution < -0.4 is 0 Å². The van der Waals surface area contributed by atoms with E-state index in [0.29, 0.717) is 17.9 Å². The Kier molecular flexibility index (Phi) is 5.77. The quantitative estimate of drug-likeness (QED) is 0.665. The van der Waals surface area contributed by atoms with Crippen molar-refractivity contribution in [2.75, 3.05) is 7.11 Å². The van der Waals surface area contributed by atoms with Crippen molar-refractivity contribution in [1.29, 1.82) is 0 Å².